The molecular formula is C14H15BrClNS. The Labute approximate surface area is 125 Å². The molecule has 0 saturated heterocycles. The van der Waals surface area contributed by atoms with Gasteiger partial charge in [0.15, 0.2) is 0 Å². The highest BCUT2D eigenvalue weighted by molar-refractivity contribution is 9.10. The first-order valence-electron chi connectivity index (χ1n) is 5.85. The summed E-state index contributed by atoms with van der Waals surface area (Å²) in [5.74, 6) is 0. The summed E-state index contributed by atoms with van der Waals surface area (Å²) in [4.78, 5) is 1.34. The van der Waals surface area contributed by atoms with E-state index >= 15 is 0 Å². The van der Waals surface area contributed by atoms with Gasteiger partial charge in [-0.25, -0.2) is 0 Å². The third kappa shape index (κ3) is 4.09. The molecule has 2 rings (SSSR count). The van der Waals surface area contributed by atoms with Crippen LogP contribution in [0, 0.1) is 0 Å². The summed E-state index contributed by atoms with van der Waals surface area (Å²) >= 11 is 11.3. The second kappa shape index (κ2) is 6.71. The van der Waals surface area contributed by atoms with E-state index in [-0.39, 0.29) is 0 Å². The second-order valence-corrected chi connectivity index (χ2v) is 6.60. The summed E-state index contributed by atoms with van der Waals surface area (Å²) in [5, 5.41) is 6.44. The van der Waals surface area contributed by atoms with E-state index in [2.05, 4.69) is 45.7 Å². The Kier molecular flexibility index (Phi) is 5.25. The van der Waals surface area contributed by atoms with Gasteiger partial charge in [-0.1, -0.05) is 23.7 Å². The molecule has 0 radical (unpaired) electrons. The van der Waals surface area contributed by atoms with Gasteiger partial charge in [0.2, 0.25) is 0 Å². The molecule has 96 valence electrons. The van der Waals surface area contributed by atoms with E-state index < -0.39 is 0 Å². The average Bonchev–Trinajstić information content (AvgIpc) is 2.72. The molecule has 1 heterocycles. The lowest BCUT2D eigenvalue weighted by atomic mass is 10.1. The standard InChI is InChI=1S/C14H15BrClNS/c1-10(7-11-3-2-4-12(16)8-11)17-9-14-13(15)5-6-18-14/h2-6,8,10,17H,7,9H2,1H3. The van der Waals surface area contributed by atoms with Crippen molar-refractivity contribution >= 4 is 38.9 Å². The first-order valence-corrected chi connectivity index (χ1v) is 7.90. The lowest BCUT2D eigenvalue weighted by Gasteiger charge is -2.13. The van der Waals surface area contributed by atoms with Gasteiger partial charge in [0, 0.05) is 27.0 Å². The number of nitrogens with one attached hydrogen (secondary N) is 1. The van der Waals surface area contributed by atoms with Crippen LogP contribution < -0.4 is 5.32 Å². The molecule has 0 fully saturated rings. The molecule has 0 saturated carbocycles. The van der Waals surface area contributed by atoms with Crippen LogP contribution in [0.1, 0.15) is 17.4 Å². The highest BCUT2D eigenvalue weighted by atomic mass is 79.9. The van der Waals surface area contributed by atoms with E-state index in [0.29, 0.717) is 6.04 Å². The first kappa shape index (κ1) is 14.1. The molecule has 0 amide bonds. The Balaban J connectivity index is 1.86. The van der Waals surface area contributed by atoms with Crippen LogP contribution in [-0.2, 0) is 13.0 Å². The summed E-state index contributed by atoms with van der Waals surface area (Å²) in [6.45, 7) is 3.10. The number of benzene rings is 1. The van der Waals surface area contributed by atoms with Crippen molar-refractivity contribution in [2.45, 2.75) is 25.9 Å². The normalized spacial score (nSPS) is 12.6. The number of rotatable bonds is 5. The molecule has 1 N–H and O–H groups in total. The fourth-order valence-corrected chi connectivity index (χ4v) is 3.46. The van der Waals surface area contributed by atoms with Gasteiger partial charge in [-0.05, 0) is 58.4 Å². The highest BCUT2D eigenvalue weighted by Crippen LogP contribution is 2.22. The summed E-state index contributed by atoms with van der Waals surface area (Å²) in [6.07, 6.45) is 0.990. The molecule has 2 aromatic rings. The number of hydrogen-bond donors (Lipinski definition) is 1. The Morgan fingerprint density at radius 3 is 2.89 bits per heavy atom. The Morgan fingerprint density at radius 2 is 2.22 bits per heavy atom. The molecule has 1 nitrogen and oxygen atoms in total. The zero-order valence-corrected chi connectivity index (χ0v) is 13.3. The molecule has 1 aromatic carbocycles. The van der Waals surface area contributed by atoms with Gasteiger partial charge in [-0.3, -0.25) is 0 Å². The minimum atomic E-state index is 0.428. The SMILES string of the molecule is CC(Cc1cccc(Cl)c1)NCc1sccc1Br. The number of hydrogen-bond acceptors (Lipinski definition) is 2. The average molecular weight is 345 g/mol. The second-order valence-electron chi connectivity index (χ2n) is 4.31. The maximum Gasteiger partial charge on any atom is 0.0408 e. The van der Waals surface area contributed by atoms with Crippen molar-refractivity contribution in [3.05, 3.63) is 55.6 Å². The molecule has 0 aliphatic rings. The van der Waals surface area contributed by atoms with E-state index in [9.17, 15) is 0 Å². The quantitative estimate of drug-likeness (QED) is 0.814. The monoisotopic (exact) mass is 343 g/mol. The van der Waals surface area contributed by atoms with Crippen molar-refractivity contribution < 1.29 is 0 Å². The van der Waals surface area contributed by atoms with Gasteiger partial charge in [0.1, 0.15) is 0 Å². The molecule has 18 heavy (non-hydrogen) atoms. The number of halogens is 2. The van der Waals surface area contributed by atoms with Gasteiger partial charge in [-0.15, -0.1) is 11.3 Å². The third-order valence-corrected chi connectivity index (χ3v) is 4.89. The van der Waals surface area contributed by atoms with E-state index in [4.69, 9.17) is 11.6 Å². The van der Waals surface area contributed by atoms with Crippen molar-refractivity contribution in [3.63, 3.8) is 0 Å². The van der Waals surface area contributed by atoms with Crippen molar-refractivity contribution in [2.24, 2.45) is 0 Å². The van der Waals surface area contributed by atoms with Crippen LogP contribution in [0.4, 0.5) is 0 Å². The van der Waals surface area contributed by atoms with E-state index in [1.807, 2.05) is 18.2 Å². The zero-order valence-electron chi connectivity index (χ0n) is 10.1. The van der Waals surface area contributed by atoms with Crippen LogP contribution in [0.25, 0.3) is 0 Å². The van der Waals surface area contributed by atoms with Crippen molar-refractivity contribution in [1.29, 1.82) is 0 Å². The summed E-state index contributed by atoms with van der Waals surface area (Å²) in [7, 11) is 0. The predicted octanol–water partition coefficient (Wildman–Crippen LogP) is 4.88. The topological polar surface area (TPSA) is 12.0 Å². The minimum Gasteiger partial charge on any atom is -0.309 e. The number of thiophene rings is 1. The van der Waals surface area contributed by atoms with Crippen LogP contribution in [0.5, 0.6) is 0 Å². The Bertz CT molecular complexity index is 512. The smallest absolute Gasteiger partial charge is 0.0408 e. The fourth-order valence-electron chi connectivity index (χ4n) is 1.81. The van der Waals surface area contributed by atoms with Gasteiger partial charge in [-0.2, -0.15) is 0 Å². The maximum absolute atomic E-state index is 5.98. The molecule has 0 spiro atoms. The van der Waals surface area contributed by atoms with Crippen LogP contribution >= 0.6 is 38.9 Å². The van der Waals surface area contributed by atoms with Gasteiger partial charge >= 0.3 is 0 Å². The Hall–Kier alpha value is -0.350. The van der Waals surface area contributed by atoms with Crippen LogP contribution in [-0.4, -0.2) is 6.04 Å². The van der Waals surface area contributed by atoms with E-state index in [0.717, 1.165) is 18.0 Å². The lowest BCUT2D eigenvalue weighted by molar-refractivity contribution is 0.548. The molecule has 0 aliphatic heterocycles. The molecule has 1 atom stereocenters. The predicted molar refractivity (Wildman–Crippen MR) is 83.5 cm³/mol. The fraction of sp³-hybridized carbons (Fsp3) is 0.286. The maximum atomic E-state index is 5.98. The van der Waals surface area contributed by atoms with Crippen LogP contribution in [0.2, 0.25) is 5.02 Å². The van der Waals surface area contributed by atoms with Crippen molar-refractivity contribution in [2.75, 3.05) is 0 Å². The lowest BCUT2D eigenvalue weighted by Crippen LogP contribution is -2.27. The van der Waals surface area contributed by atoms with E-state index in [1.165, 1.54) is 14.9 Å². The molecule has 0 bridgehead atoms. The van der Waals surface area contributed by atoms with Crippen molar-refractivity contribution in [3.8, 4) is 0 Å². The van der Waals surface area contributed by atoms with Gasteiger partial charge in [0.25, 0.3) is 0 Å². The molecular weight excluding hydrogens is 330 g/mol. The Morgan fingerprint density at radius 1 is 1.39 bits per heavy atom. The third-order valence-electron chi connectivity index (χ3n) is 2.73. The molecule has 1 aromatic heterocycles. The largest absolute Gasteiger partial charge is 0.309 e. The highest BCUT2D eigenvalue weighted by Gasteiger charge is 2.06. The summed E-state index contributed by atoms with van der Waals surface area (Å²) in [6, 6.07) is 10.6. The van der Waals surface area contributed by atoms with Crippen molar-refractivity contribution in [1.82, 2.24) is 5.32 Å². The van der Waals surface area contributed by atoms with Crippen LogP contribution in [0.15, 0.2) is 40.2 Å². The summed E-state index contributed by atoms with van der Waals surface area (Å²) < 4.78 is 1.19. The van der Waals surface area contributed by atoms with Crippen LogP contribution in [0.3, 0.4) is 0 Å². The molecule has 4 heteroatoms. The summed E-state index contributed by atoms with van der Waals surface area (Å²) in [5.41, 5.74) is 1.27. The molecule has 0 aliphatic carbocycles. The minimum absolute atomic E-state index is 0.428. The van der Waals surface area contributed by atoms with Gasteiger partial charge < -0.3 is 5.32 Å². The first-order chi connectivity index (χ1) is 8.65. The van der Waals surface area contributed by atoms with E-state index in [1.54, 1.807) is 11.3 Å². The molecule has 1 unspecified atom stereocenters. The van der Waals surface area contributed by atoms with Gasteiger partial charge in [0.05, 0.1) is 0 Å². The zero-order chi connectivity index (χ0) is 13.0.